The monoisotopic (exact) mass is 373 g/mol. The number of nitro groups is 1. The molecule has 0 fully saturated rings. The molecule has 2 rings (SSSR count). The Morgan fingerprint density at radius 3 is 2.48 bits per heavy atom. The summed E-state index contributed by atoms with van der Waals surface area (Å²) in [7, 11) is 0. The fourth-order valence-corrected chi connectivity index (χ4v) is 2.43. The smallest absolute Gasteiger partial charge is 0.271 e. The standard InChI is InChI=1S/C19H23N3O5/c1-4-26-15-8-9-18(27-5-2)17(11-15)21-19(23)12-20-16-10-14(22(24)25)7-6-13(16)3/h6-11,20H,4-5,12H2,1-3H3,(H,21,23). The van der Waals surface area contributed by atoms with E-state index in [1.165, 1.54) is 12.1 Å². The zero-order chi connectivity index (χ0) is 19.8. The molecule has 0 saturated carbocycles. The Labute approximate surface area is 157 Å². The maximum absolute atomic E-state index is 12.3. The Morgan fingerprint density at radius 2 is 1.81 bits per heavy atom. The van der Waals surface area contributed by atoms with Crippen molar-refractivity contribution in [3.8, 4) is 11.5 Å². The lowest BCUT2D eigenvalue weighted by atomic mass is 10.2. The van der Waals surface area contributed by atoms with Gasteiger partial charge in [-0.3, -0.25) is 14.9 Å². The first-order chi connectivity index (χ1) is 12.9. The second kappa shape index (κ2) is 9.42. The normalized spacial score (nSPS) is 10.2. The molecule has 2 N–H and O–H groups in total. The number of nitrogens with zero attached hydrogens (tertiary/aromatic N) is 1. The van der Waals surface area contributed by atoms with E-state index in [2.05, 4.69) is 10.6 Å². The van der Waals surface area contributed by atoms with Crippen LogP contribution in [0, 0.1) is 17.0 Å². The molecule has 0 aliphatic rings. The van der Waals surface area contributed by atoms with Crippen LogP contribution >= 0.6 is 0 Å². The van der Waals surface area contributed by atoms with Crippen LogP contribution in [0.25, 0.3) is 0 Å². The molecule has 27 heavy (non-hydrogen) atoms. The number of carbonyl (C=O) groups is 1. The first-order valence-electron chi connectivity index (χ1n) is 8.63. The predicted molar refractivity (Wildman–Crippen MR) is 104 cm³/mol. The molecule has 0 atom stereocenters. The van der Waals surface area contributed by atoms with Crippen LogP contribution in [0.1, 0.15) is 19.4 Å². The van der Waals surface area contributed by atoms with Gasteiger partial charge in [-0.05, 0) is 38.5 Å². The van der Waals surface area contributed by atoms with Crippen LogP contribution in [0.15, 0.2) is 36.4 Å². The lowest BCUT2D eigenvalue weighted by Gasteiger charge is -2.14. The second-order valence-electron chi connectivity index (χ2n) is 5.68. The molecule has 144 valence electrons. The van der Waals surface area contributed by atoms with Gasteiger partial charge in [0.1, 0.15) is 11.5 Å². The number of ether oxygens (including phenoxy) is 2. The zero-order valence-electron chi connectivity index (χ0n) is 15.6. The number of amides is 1. The van der Waals surface area contributed by atoms with Crippen molar-refractivity contribution in [3.63, 3.8) is 0 Å². The van der Waals surface area contributed by atoms with Crippen molar-refractivity contribution in [3.05, 3.63) is 52.1 Å². The summed E-state index contributed by atoms with van der Waals surface area (Å²) in [5, 5.41) is 16.6. The SMILES string of the molecule is CCOc1ccc(OCC)c(NC(=O)CNc2cc([N+](=O)[O-])ccc2C)c1. The van der Waals surface area contributed by atoms with Crippen molar-refractivity contribution in [1.29, 1.82) is 0 Å². The molecule has 8 nitrogen and oxygen atoms in total. The number of carbonyl (C=O) groups excluding carboxylic acids is 1. The predicted octanol–water partition coefficient (Wildman–Crippen LogP) is 3.75. The van der Waals surface area contributed by atoms with Gasteiger partial charge in [-0.1, -0.05) is 6.07 Å². The molecular weight excluding hydrogens is 350 g/mol. The van der Waals surface area contributed by atoms with Crippen molar-refractivity contribution in [2.45, 2.75) is 20.8 Å². The van der Waals surface area contributed by atoms with Gasteiger partial charge in [-0.15, -0.1) is 0 Å². The number of nitro benzene ring substituents is 1. The Balaban J connectivity index is 2.08. The molecule has 0 bridgehead atoms. The average molecular weight is 373 g/mol. The summed E-state index contributed by atoms with van der Waals surface area (Å²) < 4.78 is 11.0. The summed E-state index contributed by atoms with van der Waals surface area (Å²) in [6, 6.07) is 9.68. The number of anilines is 2. The number of hydrogen-bond donors (Lipinski definition) is 2. The second-order valence-corrected chi connectivity index (χ2v) is 5.68. The van der Waals surface area contributed by atoms with Gasteiger partial charge in [-0.25, -0.2) is 0 Å². The van der Waals surface area contributed by atoms with Crippen molar-refractivity contribution < 1.29 is 19.2 Å². The summed E-state index contributed by atoms with van der Waals surface area (Å²) >= 11 is 0. The van der Waals surface area contributed by atoms with Crippen molar-refractivity contribution >= 4 is 23.0 Å². The van der Waals surface area contributed by atoms with E-state index in [4.69, 9.17) is 9.47 Å². The highest BCUT2D eigenvalue weighted by molar-refractivity contribution is 5.95. The summed E-state index contributed by atoms with van der Waals surface area (Å²) in [6.07, 6.45) is 0. The number of rotatable bonds is 9. The number of non-ortho nitro benzene ring substituents is 1. The highest BCUT2D eigenvalue weighted by Crippen LogP contribution is 2.29. The molecule has 0 aliphatic heterocycles. The molecular formula is C19H23N3O5. The van der Waals surface area contributed by atoms with Crippen LogP contribution in [0.5, 0.6) is 11.5 Å². The molecule has 2 aromatic carbocycles. The molecule has 0 unspecified atom stereocenters. The number of benzene rings is 2. The minimum absolute atomic E-state index is 0.0356. The number of hydrogen-bond acceptors (Lipinski definition) is 6. The molecule has 2 aromatic rings. The Morgan fingerprint density at radius 1 is 1.07 bits per heavy atom. The van der Waals surface area contributed by atoms with Gasteiger partial charge in [-0.2, -0.15) is 0 Å². The maximum Gasteiger partial charge on any atom is 0.271 e. The quantitative estimate of drug-likeness (QED) is 0.513. The minimum atomic E-state index is -0.474. The first kappa shape index (κ1) is 20.0. The molecule has 0 saturated heterocycles. The van der Waals surface area contributed by atoms with Crippen LogP contribution in [0.4, 0.5) is 17.1 Å². The van der Waals surface area contributed by atoms with Gasteiger partial charge in [0.15, 0.2) is 0 Å². The summed E-state index contributed by atoms with van der Waals surface area (Å²) in [5.74, 6) is 0.857. The number of nitrogens with one attached hydrogen (secondary N) is 2. The van der Waals surface area contributed by atoms with E-state index in [1.54, 1.807) is 24.3 Å². The van der Waals surface area contributed by atoms with Gasteiger partial charge in [0.25, 0.3) is 5.69 Å². The molecule has 0 aliphatic carbocycles. The van der Waals surface area contributed by atoms with Crippen LogP contribution < -0.4 is 20.1 Å². The van der Waals surface area contributed by atoms with Gasteiger partial charge >= 0.3 is 0 Å². The summed E-state index contributed by atoms with van der Waals surface area (Å²) in [5.41, 5.74) is 1.81. The number of aryl methyl sites for hydroxylation is 1. The van der Waals surface area contributed by atoms with Crippen LogP contribution in [0.2, 0.25) is 0 Å². The van der Waals surface area contributed by atoms with Crippen LogP contribution in [0.3, 0.4) is 0 Å². The Bertz CT molecular complexity index is 823. The molecule has 8 heteroatoms. The highest BCUT2D eigenvalue weighted by atomic mass is 16.6. The highest BCUT2D eigenvalue weighted by Gasteiger charge is 2.12. The zero-order valence-corrected chi connectivity index (χ0v) is 15.6. The molecule has 0 aromatic heterocycles. The van der Waals surface area contributed by atoms with Crippen LogP contribution in [-0.4, -0.2) is 30.6 Å². The van der Waals surface area contributed by atoms with E-state index in [-0.39, 0.29) is 18.1 Å². The van der Waals surface area contributed by atoms with Crippen molar-refractivity contribution in [2.24, 2.45) is 0 Å². The first-order valence-corrected chi connectivity index (χ1v) is 8.63. The van der Waals surface area contributed by atoms with Crippen LogP contribution in [-0.2, 0) is 4.79 Å². The Hall–Kier alpha value is -3.29. The van der Waals surface area contributed by atoms with Gasteiger partial charge < -0.3 is 20.1 Å². The molecule has 1 amide bonds. The van der Waals surface area contributed by atoms with Gasteiger partial charge in [0.2, 0.25) is 5.91 Å². The fourth-order valence-electron chi connectivity index (χ4n) is 2.43. The van der Waals surface area contributed by atoms with Gasteiger partial charge in [0.05, 0.1) is 30.4 Å². The topological polar surface area (TPSA) is 103 Å². The lowest BCUT2D eigenvalue weighted by Crippen LogP contribution is -2.22. The molecule has 0 heterocycles. The third kappa shape index (κ3) is 5.60. The largest absolute Gasteiger partial charge is 0.494 e. The maximum atomic E-state index is 12.3. The van der Waals surface area contributed by atoms with E-state index >= 15 is 0 Å². The van der Waals surface area contributed by atoms with E-state index in [1.807, 2.05) is 20.8 Å². The minimum Gasteiger partial charge on any atom is -0.494 e. The van der Waals surface area contributed by atoms with Crippen molar-refractivity contribution in [2.75, 3.05) is 30.4 Å². The summed E-state index contributed by atoms with van der Waals surface area (Å²) in [6.45, 7) is 6.46. The molecule has 0 radical (unpaired) electrons. The molecule has 0 spiro atoms. The average Bonchev–Trinajstić information content (AvgIpc) is 2.63. The van der Waals surface area contributed by atoms with Crippen molar-refractivity contribution in [1.82, 2.24) is 0 Å². The lowest BCUT2D eigenvalue weighted by molar-refractivity contribution is -0.384. The third-order valence-electron chi connectivity index (χ3n) is 3.71. The van der Waals surface area contributed by atoms with E-state index in [0.29, 0.717) is 36.1 Å². The third-order valence-corrected chi connectivity index (χ3v) is 3.71. The van der Waals surface area contributed by atoms with Gasteiger partial charge in [0, 0.05) is 23.9 Å². The van der Waals surface area contributed by atoms with E-state index < -0.39 is 4.92 Å². The fraction of sp³-hybridized carbons (Fsp3) is 0.316. The Kier molecular flexibility index (Phi) is 6.99. The van der Waals surface area contributed by atoms with E-state index in [0.717, 1.165) is 5.56 Å². The van der Waals surface area contributed by atoms with E-state index in [9.17, 15) is 14.9 Å². The summed E-state index contributed by atoms with van der Waals surface area (Å²) in [4.78, 5) is 22.8.